The Hall–Kier alpha value is -1.12. The lowest BCUT2D eigenvalue weighted by molar-refractivity contribution is 0.134. The normalized spacial score (nSPS) is 31.5. The van der Waals surface area contributed by atoms with Gasteiger partial charge in [0.15, 0.2) is 0 Å². The third-order valence-electron chi connectivity index (χ3n) is 5.64. The SMILES string of the molecule is C=C/C=C\C=C(/C=C)C1(C)CCCC(N2CCNCC2)CCC1. The molecule has 2 rings (SSSR count). The molecular weight excluding hydrogens is 280 g/mol. The monoisotopic (exact) mass is 314 g/mol. The molecule has 1 saturated carbocycles. The molecule has 0 aromatic heterocycles. The molecular formula is C21H34N2. The highest BCUT2D eigenvalue weighted by molar-refractivity contribution is 5.29. The van der Waals surface area contributed by atoms with Crippen LogP contribution in [0.4, 0.5) is 0 Å². The molecule has 2 heteroatoms. The van der Waals surface area contributed by atoms with Crippen LogP contribution >= 0.6 is 0 Å². The summed E-state index contributed by atoms with van der Waals surface area (Å²) in [5, 5.41) is 3.47. The molecule has 1 aliphatic carbocycles. The van der Waals surface area contributed by atoms with Gasteiger partial charge in [-0.3, -0.25) is 4.90 Å². The van der Waals surface area contributed by atoms with Crippen LogP contribution in [0.3, 0.4) is 0 Å². The van der Waals surface area contributed by atoms with Crippen LogP contribution < -0.4 is 5.32 Å². The van der Waals surface area contributed by atoms with E-state index in [1.165, 1.54) is 57.2 Å². The maximum absolute atomic E-state index is 4.06. The van der Waals surface area contributed by atoms with Crippen LogP contribution in [0.15, 0.2) is 49.1 Å². The lowest BCUT2D eigenvalue weighted by Crippen LogP contribution is -2.48. The third kappa shape index (κ3) is 5.19. The van der Waals surface area contributed by atoms with Crippen LogP contribution in [0, 0.1) is 5.41 Å². The highest BCUT2D eigenvalue weighted by atomic mass is 15.2. The quantitative estimate of drug-likeness (QED) is 0.753. The van der Waals surface area contributed by atoms with E-state index in [2.05, 4.69) is 48.5 Å². The van der Waals surface area contributed by atoms with Gasteiger partial charge < -0.3 is 5.32 Å². The van der Waals surface area contributed by atoms with Crippen molar-refractivity contribution in [2.45, 2.75) is 51.5 Å². The molecule has 0 amide bonds. The van der Waals surface area contributed by atoms with E-state index in [9.17, 15) is 0 Å². The van der Waals surface area contributed by atoms with Gasteiger partial charge >= 0.3 is 0 Å². The van der Waals surface area contributed by atoms with Gasteiger partial charge in [0.05, 0.1) is 0 Å². The second-order valence-corrected chi connectivity index (χ2v) is 7.23. The van der Waals surface area contributed by atoms with Crippen molar-refractivity contribution in [3.05, 3.63) is 49.1 Å². The Balaban J connectivity index is 1.97. The first-order valence-electron chi connectivity index (χ1n) is 9.27. The maximum Gasteiger partial charge on any atom is 0.0110 e. The minimum absolute atomic E-state index is 0.279. The van der Waals surface area contributed by atoms with Crippen molar-refractivity contribution in [3.63, 3.8) is 0 Å². The topological polar surface area (TPSA) is 15.3 Å². The Morgan fingerprint density at radius 1 is 1.09 bits per heavy atom. The highest BCUT2D eigenvalue weighted by Crippen LogP contribution is 2.41. The summed E-state index contributed by atoms with van der Waals surface area (Å²) in [6.45, 7) is 15.0. The molecule has 1 aliphatic heterocycles. The summed E-state index contributed by atoms with van der Waals surface area (Å²) in [7, 11) is 0. The lowest BCUT2D eigenvalue weighted by Gasteiger charge is -2.39. The number of hydrogen-bond acceptors (Lipinski definition) is 2. The second kappa shape index (κ2) is 9.24. The maximum atomic E-state index is 4.06. The first-order chi connectivity index (χ1) is 11.2. The van der Waals surface area contributed by atoms with E-state index in [0.717, 1.165) is 19.1 Å². The molecule has 1 saturated heterocycles. The fourth-order valence-corrected chi connectivity index (χ4v) is 4.18. The van der Waals surface area contributed by atoms with Crippen LogP contribution in [0.2, 0.25) is 0 Å². The summed E-state index contributed by atoms with van der Waals surface area (Å²) in [4.78, 5) is 2.72. The van der Waals surface area contributed by atoms with E-state index in [-0.39, 0.29) is 5.41 Å². The van der Waals surface area contributed by atoms with Gasteiger partial charge in [-0.1, -0.05) is 63.3 Å². The Bertz CT molecular complexity index is 431. The van der Waals surface area contributed by atoms with Gasteiger partial charge in [0.1, 0.15) is 0 Å². The zero-order valence-corrected chi connectivity index (χ0v) is 14.9. The summed E-state index contributed by atoms with van der Waals surface area (Å²) in [6, 6.07) is 0.804. The zero-order chi connectivity index (χ0) is 16.5. The van der Waals surface area contributed by atoms with E-state index in [1.807, 2.05) is 12.2 Å². The van der Waals surface area contributed by atoms with Gasteiger partial charge in [-0.05, 0) is 36.7 Å². The van der Waals surface area contributed by atoms with Crippen molar-refractivity contribution in [1.29, 1.82) is 0 Å². The molecule has 1 heterocycles. The van der Waals surface area contributed by atoms with Crippen molar-refractivity contribution < 1.29 is 0 Å². The minimum Gasteiger partial charge on any atom is -0.314 e. The third-order valence-corrected chi connectivity index (χ3v) is 5.64. The Morgan fingerprint density at radius 2 is 1.74 bits per heavy atom. The van der Waals surface area contributed by atoms with Crippen molar-refractivity contribution in [2.75, 3.05) is 26.2 Å². The van der Waals surface area contributed by atoms with Crippen molar-refractivity contribution in [2.24, 2.45) is 5.41 Å². The largest absolute Gasteiger partial charge is 0.314 e. The predicted octanol–water partition coefficient (Wildman–Crippen LogP) is 4.48. The van der Waals surface area contributed by atoms with Crippen molar-refractivity contribution in [3.8, 4) is 0 Å². The molecule has 128 valence electrons. The molecule has 1 N–H and O–H groups in total. The molecule has 0 radical (unpaired) electrons. The molecule has 23 heavy (non-hydrogen) atoms. The fraction of sp³-hybridized carbons (Fsp3) is 0.619. The van der Waals surface area contributed by atoms with Crippen molar-refractivity contribution in [1.82, 2.24) is 10.2 Å². The molecule has 2 aliphatic rings. The Kier molecular flexibility index (Phi) is 7.32. The average molecular weight is 315 g/mol. The molecule has 0 bridgehead atoms. The zero-order valence-electron chi connectivity index (χ0n) is 14.9. The van der Waals surface area contributed by atoms with Crippen molar-refractivity contribution >= 4 is 0 Å². The van der Waals surface area contributed by atoms with Gasteiger partial charge in [-0.15, -0.1) is 0 Å². The molecule has 2 fully saturated rings. The first kappa shape index (κ1) is 18.2. The van der Waals surface area contributed by atoms with Gasteiger partial charge in [-0.25, -0.2) is 0 Å². The molecule has 0 spiro atoms. The number of hydrogen-bond donors (Lipinski definition) is 1. The summed E-state index contributed by atoms with van der Waals surface area (Å²) in [5.41, 5.74) is 1.66. The summed E-state index contributed by atoms with van der Waals surface area (Å²) in [6.07, 6.45) is 18.1. The van der Waals surface area contributed by atoms with Crippen LogP contribution in [0.5, 0.6) is 0 Å². The van der Waals surface area contributed by atoms with E-state index in [0.29, 0.717) is 0 Å². The van der Waals surface area contributed by atoms with E-state index in [4.69, 9.17) is 0 Å². The van der Waals surface area contributed by atoms with Crippen LogP contribution in [0.1, 0.15) is 45.4 Å². The van der Waals surface area contributed by atoms with Crippen LogP contribution in [-0.4, -0.2) is 37.1 Å². The summed E-state index contributed by atoms with van der Waals surface area (Å²) in [5.74, 6) is 0. The number of allylic oxidation sites excluding steroid dienone is 6. The van der Waals surface area contributed by atoms with E-state index < -0.39 is 0 Å². The Labute approximate surface area is 143 Å². The second-order valence-electron chi connectivity index (χ2n) is 7.23. The molecule has 0 aromatic carbocycles. The fourth-order valence-electron chi connectivity index (χ4n) is 4.18. The van der Waals surface area contributed by atoms with Gasteiger partial charge in [0, 0.05) is 32.2 Å². The first-order valence-corrected chi connectivity index (χ1v) is 9.27. The smallest absolute Gasteiger partial charge is 0.0110 e. The number of nitrogens with zero attached hydrogens (tertiary/aromatic N) is 1. The molecule has 0 atom stereocenters. The molecule has 0 unspecified atom stereocenters. The standard InChI is InChI=1S/C21H34N2/c1-4-6-7-10-19(5-2)21(3)13-8-11-20(12-9-14-21)23-17-15-22-16-18-23/h4-7,10,20,22H,1-2,8-9,11-18H2,3H3/b7-6-,19-10+. The van der Waals surface area contributed by atoms with Gasteiger partial charge in [0.25, 0.3) is 0 Å². The Morgan fingerprint density at radius 3 is 2.30 bits per heavy atom. The number of rotatable bonds is 5. The average Bonchev–Trinajstić information content (AvgIpc) is 2.56. The minimum atomic E-state index is 0.279. The highest BCUT2D eigenvalue weighted by Gasteiger charge is 2.30. The van der Waals surface area contributed by atoms with Crippen LogP contribution in [-0.2, 0) is 0 Å². The predicted molar refractivity (Wildman–Crippen MR) is 102 cm³/mol. The van der Waals surface area contributed by atoms with E-state index in [1.54, 1.807) is 0 Å². The van der Waals surface area contributed by atoms with Gasteiger partial charge in [0.2, 0.25) is 0 Å². The number of piperazine rings is 1. The lowest BCUT2D eigenvalue weighted by atomic mass is 9.71. The number of nitrogens with one attached hydrogen (secondary N) is 1. The molecule has 2 nitrogen and oxygen atoms in total. The van der Waals surface area contributed by atoms with E-state index >= 15 is 0 Å². The summed E-state index contributed by atoms with van der Waals surface area (Å²) >= 11 is 0. The molecule has 0 aromatic rings. The van der Waals surface area contributed by atoms with Crippen LogP contribution in [0.25, 0.3) is 0 Å². The van der Waals surface area contributed by atoms with Gasteiger partial charge in [-0.2, -0.15) is 0 Å². The summed E-state index contributed by atoms with van der Waals surface area (Å²) < 4.78 is 0.